The van der Waals surface area contributed by atoms with Gasteiger partial charge in [0.2, 0.25) is 0 Å². The number of nitrogens with zero attached hydrogens (tertiary/aromatic N) is 4. The van der Waals surface area contributed by atoms with Crippen LogP contribution in [0.5, 0.6) is 5.75 Å². The van der Waals surface area contributed by atoms with E-state index in [1.807, 2.05) is 41.3 Å². The molecule has 150 valence electrons. The summed E-state index contributed by atoms with van der Waals surface area (Å²) in [5.41, 5.74) is 2.18. The number of nitriles is 1. The predicted molar refractivity (Wildman–Crippen MR) is 114 cm³/mol. The van der Waals surface area contributed by atoms with E-state index >= 15 is 0 Å². The molecule has 1 aliphatic rings. The second kappa shape index (κ2) is 7.60. The molecule has 0 radical (unpaired) electrons. The van der Waals surface area contributed by atoms with E-state index in [2.05, 4.69) is 24.9 Å². The van der Waals surface area contributed by atoms with Gasteiger partial charge in [-0.05, 0) is 42.2 Å². The molecular formula is C24H22N4O2. The van der Waals surface area contributed by atoms with Gasteiger partial charge in [0.1, 0.15) is 6.07 Å². The lowest BCUT2D eigenvalue weighted by molar-refractivity contribution is 0.0910. The number of ether oxygens (including phenoxy) is 1. The maximum absolute atomic E-state index is 12.7. The zero-order valence-corrected chi connectivity index (χ0v) is 17.2. The summed E-state index contributed by atoms with van der Waals surface area (Å²) in [4.78, 5) is 23.9. The zero-order chi connectivity index (χ0) is 21.3. The number of hydrogen-bond acceptors (Lipinski definition) is 6. The highest BCUT2D eigenvalue weighted by Crippen LogP contribution is 2.41. The molecule has 0 N–H and O–H groups in total. The van der Waals surface area contributed by atoms with Gasteiger partial charge in [-0.2, -0.15) is 5.26 Å². The SMILES string of the molecule is COc1cccnc1N(c1ccccc1)c1nc2c(cc1C#N)C(=O)CC(C)(C)C2. The molecule has 2 heterocycles. The molecule has 2 aromatic heterocycles. The number of hydrogen-bond donors (Lipinski definition) is 0. The average molecular weight is 398 g/mol. The van der Waals surface area contributed by atoms with Crippen molar-refractivity contribution in [2.75, 3.05) is 12.0 Å². The second-order valence-corrected chi connectivity index (χ2v) is 8.11. The molecule has 0 bridgehead atoms. The van der Waals surface area contributed by atoms with Crippen molar-refractivity contribution in [3.05, 3.63) is 71.5 Å². The lowest BCUT2D eigenvalue weighted by Gasteiger charge is -2.31. The quantitative estimate of drug-likeness (QED) is 0.616. The van der Waals surface area contributed by atoms with Gasteiger partial charge in [0.05, 0.1) is 18.4 Å². The van der Waals surface area contributed by atoms with Crippen LogP contribution >= 0.6 is 0 Å². The number of aromatic nitrogens is 2. The Balaban J connectivity index is 1.98. The first-order chi connectivity index (χ1) is 14.4. The highest BCUT2D eigenvalue weighted by Gasteiger charge is 2.34. The number of ketones is 1. The number of carbonyl (C=O) groups excluding carboxylic acids is 1. The number of anilines is 3. The lowest BCUT2D eigenvalue weighted by atomic mass is 9.75. The van der Waals surface area contributed by atoms with Crippen LogP contribution in [0.25, 0.3) is 0 Å². The molecule has 6 heteroatoms. The smallest absolute Gasteiger partial charge is 0.181 e. The van der Waals surface area contributed by atoms with Crippen LogP contribution in [0.15, 0.2) is 54.7 Å². The first-order valence-electron chi connectivity index (χ1n) is 9.75. The summed E-state index contributed by atoms with van der Waals surface area (Å²) in [6.07, 6.45) is 2.78. The highest BCUT2D eigenvalue weighted by atomic mass is 16.5. The fourth-order valence-electron chi connectivity index (χ4n) is 3.85. The molecule has 30 heavy (non-hydrogen) atoms. The van der Waals surface area contributed by atoms with Crippen LogP contribution in [-0.4, -0.2) is 22.9 Å². The molecule has 6 nitrogen and oxygen atoms in total. The van der Waals surface area contributed by atoms with Crippen LogP contribution in [-0.2, 0) is 6.42 Å². The number of para-hydroxylation sites is 1. The number of carbonyl (C=O) groups is 1. The van der Waals surface area contributed by atoms with Crippen molar-refractivity contribution >= 4 is 23.1 Å². The number of pyridine rings is 2. The van der Waals surface area contributed by atoms with Gasteiger partial charge in [0, 0.05) is 23.9 Å². The monoisotopic (exact) mass is 398 g/mol. The number of benzene rings is 1. The van der Waals surface area contributed by atoms with Gasteiger partial charge >= 0.3 is 0 Å². The van der Waals surface area contributed by atoms with Gasteiger partial charge in [-0.1, -0.05) is 32.0 Å². The molecule has 1 aromatic carbocycles. The van der Waals surface area contributed by atoms with Gasteiger partial charge in [0.25, 0.3) is 0 Å². The lowest BCUT2D eigenvalue weighted by Crippen LogP contribution is -2.29. The Kier molecular flexibility index (Phi) is 4.96. The van der Waals surface area contributed by atoms with Crippen LogP contribution in [0, 0.1) is 16.7 Å². The molecule has 0 fully saturated rings. The molecule has 0 amide bonds. The fraction of sp³-hybridized carbons (Fsp3) is 0.250. The predicted octanol–water partition coefficient (Wildman–Crippen LogP) is 4.98. The van der Waals surface area contributed by atoms with Crippen LogP contribution in [0.1, 0.15) is 41.9 Å². The molecule has 3 aromatic rings. The van der Waals surface area contributed by atoms with Gasteiger partial charge in [-0.3, -0.25) is 9.69 Å². The van der Waals surface area contributed by atoms with Crippen molar-refractivity contribution in [2.24, 2.45) is 5.41 Å². The Hall–Kier alpha value is -3.72. The van der Waals surface area contributed by atoms with Crippen LogP contribution in [0.4, 0.5) is 17.3 Å². The summed E-state index contributed by atoms with van der Waals surface area (Å²) < 4.78 is 5.54. The minimum absolute atomic E-state index is 0.0264. The van der Waals surface area contributed by atoms with Crippen molar-refractivity contribution in [1.82, 2.24) is 9.97 Å². The van der Waals surface area contributed by atoms with Gasteiger partial charge in [-0.15, -0.1) is 0 Å². The number of fused-ring (bicyclic) bond motifs is 1. The van der Waals surface area contributed by atoms with Gasteiger partial charge in [0.15, 0.2) is 23.2 Å². The standard InChI is InChI=1S/C24H22N4O2/c1-24(2)13-19-18(20(29)14-24)12-16(15-25)22(27-19)28(17-8-5-4-6-9-17)23-21(30-3)10-7-11-26-23/h4-12H,13-14H2,1-3H3. The summed E-state index contributed by atoms with van der Waals surface area (Å²) >= 11 is 0. The minimum Gasteiger partial charge on any atom is -0.493 e. The summed E-state index contributed by atoms with van der Waals surface area (Å²) in [6.45, 7) is 4.12. The van der Waals surface area contributed by atoms with Crippen LogP contribution in [0.2, 0.25) is 0 Å². The number of methoxy groups -OCH3 is 1. The van der Waals surface area contributed by atoms with E-state index < -0.39 is 0 Å². The van der Waals surface area contributed by atoms with E-state index in [0.29, 0.717) is 47.0 Å². The van der Waals surface area contributed by atoms with Gasteiger partial charge < -0.3 is 4.74 Å². The fourth-order valence-corrected chi connectivity index (χ4v) is 3.85. The van der Waals surface area contributed by atoms with Crippen molar-refractivity contribution in [3.63, 3.8) is 0 Å². The third-order valence-corrected chi connectivity index (χ3v) is 5.20. The largest absolute Gasteiger partial charge is 0.493 e. The molecule has 0 spiro atoms. The van der Waals surface area contributed by atoms with E-state index in [1.165, 1.54) is 0 Å². The summed E-state index contributed by atoms with van der Waals surface area (Å²) in [7, 11) is 1.58. The van der Waals surface area contributed by atoms with E-state index in [1.54, 1.807) is 25.4 Å². The van der Waals surface area contributed by atoms with E-state index in [4.69, 9.17) is 9.72 Å². The first kappa shape index (κ1) is 19.6. The molecule has 0 saturated carbocycles. The Labute approximate surface area is 175 Å². The normalized spacial score (nSPS) is 14.5. The highest BCUT2D eigenvalue weighted by molar-refractivity contribution is 5.99. The molecule has 0 unspecified atom stereocenters. The Bertz CT molecular complexity index is 1150. The molecule has 0 saturated heterocycles. The van der Waals surface area contributed by atoms with E-state index in [0.717, 1.165) is 5.69 Å². The molecule has 1 aliphatic carbocycles. The van der Waals surface area contributed by atoms with Crippen LogP contribution in [0.3, 0.4) is 0 Å². The van der Waals surface area contributed by atoms with Crippen LogP contribution < -0.4 is 9.64 Å². The number of rotatable bonds is 4. The summed E-state index contributed by atoms with van der Waals surface area (Å²) in [5, 5.41) is 9.90. The average Bonchev–Trinajstić information content (AvgIpc) is 2.74. The molecular weight excluding hydrogens is 376 g/mol. The second-order valence-electron chi connectivity index (χ2n) is 8.11. The van der Waals surface area contributed by atoms with Crippen molar-refractivity contribution < 1.29 is 9.53 Å². The number of Topliss-reactive ketones (excluding diaryl/α,β-unsaturated/α-hetero) is 1. The third kappa shape index (κ3) is 3.50. The Morgan fingerprint density at radius 1 is 1.10 bits per heavy atom. The summed E-state index contributed by atoms with van der Waals surface area (Å²) in [5.74, 6) is 1.54. The topological polar surface area (TPSA) is 79.1 Å². The van der Waals surface area contributed by atoms with Gasteiger partial charge in [-0.25, -0.2) is 9.97 Å². The summed E-state index contributed by atoms with van der Waals surface area (Å²) in [6, 6.07) is 17.1. The maximum Gasteiger partial charge on any atom is 0.181 e. The maximum atomic E-state index is 12.7. The van der Waals surface area contributed by atoms with Crippen molar-refractivity contribution in [1.29, 1.82) is 5.26 Å². The van der Waals surface area contributed by atoms with Crippen molar-refractivity contribution in [2.45, 2.75) is 26.7 Å². The molecule has 0 aliphatic heterocycles. The van der Waals surface area contributed by atoms with Crippen molar-refractivity contribution in [3.8, 4) is 11.8 Å². The Morgan fingerprint density at radius 3 is 2.57 bits per heavy atom. The third-order valence-electron chi connectivity index (χ3n) is 5.20. The van der Waals surface area contributed by atoms with E-state index in [-0.39, 0.29) is 11.2 Å². The molecule has 0 atom stereocenters. The first-order valence-corrected chi connectivity index (χ1v) is 9.75. The van der Waals surface area contributed by atoms with E-state index in [9.17, 15) is 10.1 Å². The zero-order valence-electron chi connectivity index (χ0n) is 17.2. The Morgan fingerprint density at radius 2 is 1.87 bits per heavy atom. The minimum atomic E-state index is -0.178. The molecule has 4 rings (SSSR count).